The summed E-state index contributed by atoms with van der Waals surface area (Å²) in [6, 6.07) is 2.80. The normalized spacial score (nSPS) is 10.4. The Bertz CT molecular complexity index is 489. The van der Waals surface area contributed by atoms with Crippen LogP contribution in [-0.4, -0.2) is 34.6 Å². The Hall–Kier alpha value is -2.11. The Morgan fingerprint density at radius 3 is 2.53 bits per heavy atom. The number of halogens is 1. The Kier molecular flexibility index (Phi) is 4.86. The summed E-state index contributed by atoms with van der Waals surface area (Å²) in [4.78, 5) is 24.5. The summed E-state index contributed by atoms with van der Waals surface area (Å²) in [6.07, 6.45) is 0. The highest BCUT2D eigenvalue weighted by atomic mass is 19.1. The zero-order valence-corrected chi connectivity index (χ0v) is 11.1. The molecule has 0 heterocycles. The SMILES string of the molecule is CCN(C(=O)Nc1ccc(F)cc1C(=O)O)C(C)C. The average Bonchev–Trinajstić information content (AvgIpc) is 2.31. The van der Waals surface area contributed by atoms with Gasteiger partial charge in [0.15, 0.2) is 0 Å². The summed E-state index contributed by atoms with van der Waals surface area (Å²) in [5.41, 5.74) is -0.189. The van der Waals surface area contributed by atoms with Crippen molar-refractivity contribution in [3.63, 3.8) is 0 Å². The molecule has 0 saturated heterocycles. The van der Waals surface area contributed by atoms with Gasteiger partial charge < -0.3 is 15.3 Å². The van der Waals surface area contributed by atoms with E-state index < -0.39 is 17.8 Å². The summed E-state index contributed by atoms with van der Waals surface area (Å²) in [5.74, 6) is -1.95. The van der Waals surface area contributed by atoms with Crippen molar-refractivity contribution in [3.05, 3.63) is 29.6 Å². The molecule has 0 saturated carbocycles. The lowest BCUT2D eigenvalue weighted by Crippen LogP contribution is -2.40. The summed E-state index contributed by atoms with van der Waals surface area (Å²) in [5, 5.41) is 11.5. The average molecular weight is 268 g/mol. The maximum Gasteiger partial charge on any atom is 0.337 e. The fraction of sp³-hybridized carbons (Fsp3) is 0.385. The molecule has 2 N–H and O–H groups in total. The first-order valence-corrected chi connectivity index (χ1v) is 5.97. The molecule has 0 unspecified atom stereocenters. The minimum atomic E-state index is -1.29. The van der Waals surface area contributed by atoms with Crippen molar-refractivity contribution in [1.82, 2.24) is 4.90 Å². The highest BCUT2D eigenvalue weighted by Gasteiger charge is 2.18. The molecule has 1 rings (SSSR count). The fourth-order valence-corrected chi connectivity index (χ4v) is 1.73. The largest absolute Gasteiger partial charge is 0.478 e. The molecule has 0 aromatic heterocycles. The number of carboxylic acid groups (broad SMARTS) is 1. The number of carboxylic acids is 1. The van der Waals surface area contributed by atoms with Gasteiger partial charge in [-0.05, 0) is 39.0 Å². The second-order valence-electron chi connectivity index (χ2n) is 4.30. The second kappa shape index (κ2) is 6.17. The van der Waals surface area contributed by atoms with Crippen LogP contribution in [0.15, 0.2) is 18.2 Å². The fourth-order valence-electron chi connectivity index (χ4n) is 1.73. The van der Waals surface area contributed by atoms with E-state index in [4.69, 9.17) is 5.11 Å². The number of hydrogen-bond acceptors (Lipinski definition) is 2. The third kappa shape index (κ3) is 3.67. The molecule has 0 aliphatic rings. The summed E-state index contributed by atoms with van der Waals surface area (Å²) in [7, 11) is 0. The van der Waals surface area contributed by atoms with Crippen LogP contribution in [0.1, 0.15) is 31.1 Å². The first kappa shape index (κ1) is 14.9. The van der Waals surface area contributed by atoms with Gasteiger partial charge in [-0.3, -0.25) is 0 Å². The second-order valence-corrected chi connectivity index (χ2v) is 4.30. The molecular formula is C13H17FN2O3. The first-order valence-electron chi connectivity index (χ1n) is 5.97. The number of anilines is 1. The molecule has 1 aromatic rings. The molecule has 0 spiro atoms. The molecule has 0 radical (unpaired) electrons. The van der Waals surface area contributed by atoms with Gasteiger partial charge in [0.05, 0.1) is 11.3 Å². The van der Waals surface area contributed by atoms with E-state index in [9.17, 15) is 14.0 Å². The van der Waals surface area contributed by atoms with Gasteiger partial charge in [0.25, 0.3) is 0 Å². The van der Waals surface area contributed by atoms with Crippen molar-refractivity contribution in [2.75, 3.05) is 11.9 Å². The number of benzene rings is 1. The molecule has 5 nitrogen and oxygen atoms in total. The summed E-state index contributed by atoms with van der Waals surface area (Å²) < 4.78 is 13.0. The van der Waals surface area contributed by atoms with E-state index in [2.05, 4.69) is 5.32 Å². The third-order valence-corrected chi connectivity index (χ3v) is 2.68. The highest BCUT2D eigenvalue weighted by molar-refractivity contribution is 6.00. The van der Waals surface area contributed by atoms with Gasteiger partial charge in [-0.15, -0.1) is 0 Å². The topological polar surface area (TPSA) is 69.6 Å². The van der Waals surface area contributed by atoms with Crippen LogP contribution in [0.25, 0.3) is 0 Å². The number of nitrogens with zero attached hydrogens (tertiary/aromatic N) is 1. The van der Waals surface area contributed by atoms with Crippen LogP contribution in [0.5, 0.6) is 0 Å². The Labute approximate surface area is 111 Å². The molecule has 6 heteroatoms. The van der Waals surface area contributed by atoms with E-state index in [1.54, 1.807) is 0 Å². The van der Waals surface area contributed by atoms with Gasteiger partial charge in [0.2, 0.25) is 0 Å². The van der Waals surface area contributed by atoms with E-state index in [0.717, 1.165) is 12.1 Å². The lowest BCUT2D eigenvalue weighted by Gasteiger charge is -2.25. The molecule has 2 amide bonds. The number of carbonyl (C=O) groups is 2. The lowest BCUT2D eigenvalue weighted by atomic mass is 10.1. The molecule has 1 aromatic carbocycles. The Balaban J connectivity index is 2.99. The van der Waals surface area contributed by atoms with Crippen molar-refractivity contribution in [1.29, 1.82) is 0 Å². The number of rotatable bonds is 4. The molecule has 0 bridgehead atoms. The number of hydrogen-bond donors (Lipinski definition) is 2. The maximum atomic E-state index is 13.0. The Morgan fingerprint density at radius 1 is 1.42 bits per heavy atom. The molecule has 19 heavy (non-hydrogen) atoms. The molecular weight excluding hydrogens is 251 g/mol. The minimum absolute atomic E-state index is 0.0151. The number of amides is 2. The zero-order chi connectivity index (χ0) is 14.6. The first-order chi connectivity index (χ1) is 8.86. The van der Waals surface area contributed by atoms with Gasteiger partial charge in [-0.1, -0.05) is 0 Å². The van der Waals surface area contributed by atoms with Crippen LogP contribution in [0.2, 0.25) is 0 Å². The van der Waals surface area contributed by atoms with Crippen LogP contribution in [0, 0.1) is 5.82 Å². The monoisotopic (exact) mass is 268 g/mol. The van der Waals surface area contributed by atoms with Crippen LogP contribution in [-0.2, 0) is 0 Å². The van der Waals surface area contributed by atoms with Gasteiger partial charge in [0, 0.05) is 12.6 Å². The summed E-state index contributed by atoms with van der Waals surface area (Å²) in [6.45, 7) is 6.02. The van der Waals surface area contributed by atoms with Crippen molar-refractivity contribution in [3.8, 4) is 0 Å². The molecule has 0 aliphatic carbocycles. The minimum Gasteiger partial charge on any atom is -0.478 e. The maximum absolute atomic E-state index is 13.0. The van der Waals surface area contributed by atoms with Crippen LogP contribution < -0.4 is 5.32 Å². The molecule has 104 valence electrons. The van der Waals surface area contributed by atoms with Crippen molar-refractivity contribution in [2.45, 2.75) is 26.8 Å². The van der Waals surface area contributed by atoms with E-state index in [0.29, 0.717) is 6.54 Å². The van der Waals surface area contributed by atoms with Crippen molar-refractivity contribution >= 4 is 17.7 Å². The predicted molar refractivity (Wildman–Crippen MR) is 69.9 cm³/mol. The molecule has 0 aliphatic heterocycles. The van der Waals surface area contributed by atoms with E-state index >= 15 is 0 Å². The molecule has 0 fully saturated rings. The van der Waals surface area contributed by atoms with Crippen LogP contribution in [0.4, 0.5) is 14.9 Å². The van der Waals surface area contributed by atoms with E-state index in [1.807, 2.05) is 20.8 Å². The van der Waals surface area contributed by atoms with Crippen LogP contribution in [0.3, 0.4) is 0 Å². The number of aromatic carboxylic acids is 1. The van der Waals surface area contributed by atoms with E-state index in [-0.39, 0.29) is 17.3 Å². The summed E-state index contributed by atoms with van der Waals surface area (Å²) >= 11 is 0. The number of carbonyl (C=O) groups excluding carboxylic acids is 1. The van der Waals surface area contributed by atoms with Crippen molar-refractivity contribution < 1.29 is 19.1 Å². The van der Waals surface area contributed by atoms with E-state index in [1.165, 1.54) is 11.0 Å². The lowest BCUT2D eigenvalue weighted by molar-refractivity contribution is 0.0697. The van der Waals surface area contributed by atoms with Crippen molar-refractivity contribution in [2.24, 2.45) is 0 Å². The number of nitrogens with one attached hydrogen (secondary N) is 1. The predicted octanol–water partition coefficient (Wildman–Crippen LogP) is 2.79. The third-order valence-electron chi connectivity index (χ3n) is 2.68. The zero-order valence-electron chi connectivity index (χ0n) is 11.1. The van der Waals surface area contributed by atoms with Gasteiger partial charge in [-0.25, -0.2) is 14.0 Å². The molecule has 0 atom stereocenters. The Morgan fingerprint density at radius 2 is 2.05 bits per heavy atom. The highest BCUT2D eigenvalue weighted by Crippen LogP contribution is 2.18. The van der Waals surface area contributed by atoms with Crippen LogP contribution >= 0.6 is 0 Å². The van der Waals surface area contributed by atoms with Gasteiger partial charge >= 0.3 is 12.0 Å². The quantitative estimate of drug-likeness (QED) is 0.882. The van der Waals surface area contributed by atoms with Gasteiger partial charge in [-0.2, -0.15) is 0 Å². The number of urea groups is 1. The van der Waals surface area contributed by atoms with Gasteiger partial charge in [0.1, 0.15) is 5.82 Å². The standard InChI is InChI=1S/C13H17FN2O3/c1-4-16(8(2)3)13(19)15-11-6-5-9(14)7-10(11)12(17)18/h5-8H,4H2,1-3H3,(H,15,19)(H,17,18). The smallest absolute Gasteiger partial charge is 0.337 e.